The number of hydrogen-bond donors (Lipinski definition) is 1. The van der Waals surface area contributed by atoms with Gasteiger partial charge >= 0.3 is 0 Å². The minimum absolute atomic E-state index is 0.276. The second kappa shape index (κ2) is 3.55. The van der Waals surface area contributed by atoms with Crippen molar-refractivity contribution < 1.29 is 4.39 Å². The van der Waals surface area contributed by atoms with Crippen LogP contribution in [0.4, 0.5) is 10.1 Å². The van der Waals surface area contributed by atoms with E-state index in [1.807, 2.05) is 0 Å². The second-order valence-corrected chi connectivity index (χ2v) is 3.71. The third kappa shape index (κ3) is 1.61. The molecule has 2 N–H and O–H groups in total. The molecule has 0 spiro atoms. The maximum Gasteiger partial charge on any atom is 0.163 e. The Morgan fingerprint density at radius 2 is 1.88 bits per heavy atom. The van der Waals surface area contributed by atoms with Crippen LogP contribution in [0.15, 0.2) is 42.7 Å². The van der Waals surface area contributed by atoms with Gasteiger partial charge in [0.1, 0.15) is 5.82 Å². The van der Waals surface area contributed by atoms with E-state index >= 15 is 0 Å². The molecular weight excluding hydrogens is 219 g/mol. The Morgan fingerprint density at radius 1 is 1.12 bits per heavy atom. The monoisotopic (exact) mass is 228 g/mol. The van der Waals surface area contributed by atoms with Crippen LogP contribution in [0.2, 0.25) is 0 Å². The van der Waals surface area contributed by atoms with Gasteiger partial charge in [-0.1, -0.05) is 0 Å². The number of benzene rings is 1. The van der Waals surface area contributed by atoms with Gasteiger partial charge in [-0.15, -0.1) is 0 Å². The average molecular weight is 228 g/mol. The van der Waals surface area contributed by atoms with Crippen LogP contribution in [0.5, 0.6) is 0 Å². The number of anilines is 1. The number of nitrogens with zero attached hydrogens (tertiary/aromatic N) is 3. The molecule has 0 atom stereocenters. The van der Waals surface area contributed by atoms with E-state index in [4.69, 9.17) is 5.73 Å². The molecule has 3 rings (SSSR count). The predicted molar refractivity (Wildman–Crippen MR) is 63.2 cm³/mol. The van der Waals surface area contributed by atoms with E-state index in [-0.39, 0.29) is 5.82 Å². The lowest BCUT2D eigenvalue weighted by Crippen LogP contribution is -1.97. The highest BCUT2D eigenvalue weighted by Gasteiger charge is 2.06. The van der Waals surface area contributed by atoms with Crippen LogP contribution >= 0.6 is 0 Å². The summed E-state index contributed by atoms with van der Waals surface area (Å²) in [5, 5.41) is 5.07. The molecule has 2 heterocycles. The normalized spacial score (nSPS) is 10.9. The topological polar surface area (TPSA) is 56.7 Å². The Labute approximate surface area is 96.5 Å². The highest BCUT2D eigenvalue weighted by atomic mass is 19.1. The van der Waals surface area contributed by atoms with Crippen LogP contribution in [0.25, 0.3) is 16.7 Å². The molecule has 0 aliphatic carbocycles. The third-order valence-electron chi connectivity index (χ3n) is 2.50. The number of fused-ring (bicyclic) bond motifs is 1. The first-order valence-electron chi connectivity index (χ1n) is 5.09. The van der Waals surface area contributed by atoms with Gasteiger partial charge in [-0.2, -0.15) is 5.10 Å². The number of hydrogen-bond acceptors (Lipinski definition) is 3. The third-order valence-corrected chi connectivity index (χ3v) is 2.50. The maximum absolute atomic E-state index is 12.8. The summed E-state index contributed by atoms with van der Waals surface area (Å²) in [5.41, 5.74) is 7.70. The molecule has 2 aromatic heterocycles. The van der Waals surface area contributed by atoms with Crippen molar-refractivity contribution in [2.75, 3.05) is 5.73 Å². The summed E-state index contributed by atoms with van der Waals surface area (Å²) in [6.07, 6.45) is 3.26. The summed E-state index contributed by atoms with van der Waals surface area (Å²) >= 11 is 0. The number of halogens is 1. The molecule has 4 nitrogen and oxygen atoms in total. The number of nitrogen functional groups attached to an aromatic ring is 1. The van der Waals surface area contributed by atoms with E-state index in [0.717, 1.165) is 11.1 Å². The Kier molecular flexibility index (Phi) is 2.04. The first kappa shape index (κ1) is 9.77. The largest absolute Gasteiger partial charge is 0.397 e. The van der Waals surface area contributed by atoms with Crippen molar-refractivity contribution in [3.8, 4) is 5.69 Å². The molecule has 1 aromatic carbocycles. The molecule has 5 heteroatoms. The number of aromatic nitrogens is 3. The Bertz CT molecular complexity index is 673. The molecule has 84 valence electrons. The highest BCUT2D eigenvalue weighted by molar-refractivity contribution is 5.79. The van der Waals surface area contributed by atoms with Gasteiger partial charge in [-0.05, 0) is 30.3 Å². The summed E-state index contributed by atoms with van der Waals surface area (Å²) in [6.45, 7) is 0. The smallest absolute Gasteiger partial charge is 0.163 e. The second-order valence-electron chi connectivity index (χ2n) is 3.71. The van der Waals surface area contributed by atoms with E-state index in [1.165, 1.54) is 12.1 Å². The molecule has 0 aliphatic heterocycles. The minimum atomic E-state index is -0.276. The zero-order valence-electron chi connectivity index (χ0n) is 8.84. The Hall–Kier alpha value is -2.43. The molecule has 0 saturated carbocycles. The van der Waals surface area contributed by atoms with Crippen LogP contribution in [0.1, 0.15) is 0 Å². The zero-order valence-corrected chi connectivity index (χ0v) is 8.84. The summed E-state index contributed by atoms with van der Waals surface area (Å²) in [6, 6.07) is 7.88. The van der Waals surface area contributed by atoms with E-state index in [2.05, 4.69) is 10.1 Å². The maximum atomic E-state index is 12.8. The van der Waals surface area contributed by atoms with Crippen molar-refractivity contribution in [1.29, 1.82) is 0 Å². The lowest BCUT2D eigenvalue weighted by Gasteiger charge is -2.02. The number of pyridine rings is 1. The fourth-order valence-corrected chi connectivity index (χ4v) is 1.71. The van der Waals surface area contributed by atoms with E-state index in [9.17, 15) is 4.39 Å². The molecule has 0 radical (unpaired) electrons. The standard InChI is InChI=1S/C12H9FN4/c13-9-1-3-11(4-2-9)17-12-8(6-16-17)5-10(14)7-15-12/h1-7H,14H2. The van der Waals surface area contributed by atoms with Crippen molar-refractivity contribution >= 4 is 16.7 Å². The fraction of sp³-hybridized carbons (Fsp3) is 0. The van der Waals surface area contributed by atoms with Gasteiger partial charge in [0.25, 0.3) is 0 Å². The van der Waals surface area contributed by atoms with Gasteiger partial charge in [-0.3, -0.25) is 0 Å². The molecular formula is C12H9FN4. The molecule has 17 heavy (non-hydrogen) atoms. The quantitative estimate of drug-likeness (QED) is 0.694. The average Bonchev–Trinajstić information content (AvgIpc) is 2.73. The van der Waals surface area contributed by atoms with Crippen LogP contribution < -0.4 is 5.73 Å². The summed E-state index contributed by atoms with van der Waals surface area (Å²) < 4.78 is 14.5. The summed E-state index contributed by atoms with van der Waals surface area (Å²) in [7, 11) is 0. The minimum Gasteiger partial charge on any atom is -0.397 e. The van der Waals surface area contributed by atoms with Gasteiger partial charge in [0.15, 0.2) is 5.65 Å². The lowest BCUT2D eigenvalue weighted by atomic mass is 10.3. The number of nitrogens with two attached hydrogens (primary N) is 1. The molecule has 0 unspecified atom stereocenters. The van der Waals surface area contributed by atoms with Gasteiger partial charge in [0.05, 0.1) is 23.8 Å². The molecule has 0 aliphatic rings. The van der Waals surface area contributed by atoms with Crippen molar-refractivity contribution in [2.24, 2.45) is 0 Å². The highest BCUT2D eigenvalue weighted by Crippen LogP contribution is 2.18. The predicted octanol–water partition coefficient (Wildman–Crippen LogP) is 2.14. The Morgan fingerprint density at radius 3 is 2.65 bits per heavy atom. The van der Waals surface area contributed by atoms with Gasteiger partial charge in [-0.25, -0.2) is 14.1 Å². The van der Waals surface area contributed by atoms with Crippen LogP contribution in [0.3, 0.4) is 0 Å². The van der Waals surface area contributed by atoms with E-state index in [0.29, 0.717) is 11.3 Å². The molecule has 0 amide bonds. The van der Waals surface area contributed by atoms with Crippen molar-refractivity contribution in [3.63, 3.8) is 0 Å². The van der Waals surface area contributed by atoms with Crippen LogP contribution in [-0.2, 0) is 0 Å². The summed E-state index contributed by atoms with van der Waals surface area (Å²) in [4.78, 5) is 4.22. The molecule has 0 fully saturated rings. The SMILES string of the molecule is Nc1cnc2c(cnn2-c2ccc(F)cc2)c1. The first-order chi connectivity index (χ1) is 8.24. The van der Waals surface area contributed by atoms with Crippen LogP contribution in [-0.4, -0.2) is 14.8 Å². The van der Waals surface area contributed by atoms with Crippen LogP contribution in [0, 0.1) is 5.82 Å². The van der Waals surface area contributed by atoms with Crippen molar-refractivity contribution in [3.05, 3.63) is 48.5 Å². The first-order valence-corrected chi connectivity index (χ1v) is 5.09. The number of rotatable bonds is 1. The van der Waals surface area contributed by atoms with Gasteiger partial charge < -0.3 is 5.73 Å². The van der Waals surface area contributed by atoms with E-state index < -0.39 is 0 Å². The summed E-state index contributed by atoms with van der Waals surface area (Å²) in [5.74, 6) is -0.276. The van der Waals surface area contributed by atoms with Crippen molar-refractivity contribution in [1.82, 2.24) is 14.8 Å². The van der Waals surface area contributed by atoms with E-state index in [1.54, 1.807) is 35.3 Å². The molecule has 3 aromatic rings. The van der Waals surface area contributed by atoms with Gasteiger partial charge in [0.2, 0.25) is 0 Å². The van der Waals surface area contributed by atoms with Crippen molar-refractivity contribution in [2.45, 2.75) is 0 Å². The zero-order chi connectivity index (χ0) is 11.8. The Balaban J connectivity index is 2.21. The molecule has 0 bridgehead atoms. The fourth-order valence-electron chi connectivity index (χ4n) is 1.71. The van der Waals surface area contributed by atoms with Gasteiger partial charge in [0, 0.05) is 5.39 Å². The molecule has 0 saturated heterocycles. The lowest BCUT2D eigenvalue weighted by molar-refractivity contribution is 0.627.